The van der Waals surface area contributed by atoms with Crippen molar-refractivity contribution >= 4 is 56.5 Å². The second-order valence-corrected chi connectivity index (χ2v) is 7.45. The fourth-order valence-corrected chi connectivity index (χ4v) is 4.17. The monoisotopic (exact) mass is 399 g/mol. The highest BCUT2D eigenvalue weighted by Gasteiger charge is 2.18. The van der Waals surface area contributed by atoms with Gasteiger partial charge in [-0.1, -0.05) is 53.5 Å². The van der Waals surface area contributed by atoms with Crippen molar-refractivity contribution in [1.29, 1.82) is 0 Å². The molecule has 0 amide bonds. The molecule has 2 heterocycles. The Morgan fingerprint density at radius 3 is 2.50 bits per heavy atom. The second kappa shape index (κ2) is 6.68. The molecule has 0 bridgehead atoms. The van der Waals surface area contributed by atoms with E-state index >= 15 is 0 Å². The van der Waals surface area contributed by atoms with Crippen LogP contribution >= 0.6 is 34.5 Å². The molecule has 4 rings (SSSR count). The second-order valence-electron chi connectivity index (χ2n) is 5.58. The lowest BCUT2D eigenvalue weighted by molar-refractivity contribution is 0.104. The Labute approximate surface area is 163 Å². The molecule has 2 N–H and O–H groups in total. The number of nitrogens with zero attached hydrogens (tertiary/aromatic N) is 2. The summed E-state index contributed by atoms with van der Waals surface area (Å²) in [5, 5.41) is 1.72. The molecule has 0 radical (unpaired) electrons. The zero-order chi connectivity index (χ0) is 18.3. The van der Waals surface area contributed by atoms with Crippen molar-refractivity contribution in [2.45, 2.75) is 0 Å². The third-order valence-electron chi connectivity index (χ3n) is 3.86. The number of carbonyl (C=O) groups excluding carboxylic acids is 1. The van der Waals surface area contributed by atoms with Gasteiger partial charge >= 0.3 is 0 Å². The third-order valence-corrected chi connectivity index (χ3v) is 5.43. The van der Waals surface area contributed by atoms with Gasteiger partial charge in [-0.05, 0) is 24.3 Å². The summed E-state index contributed by atoms with van der Waals surface area (Å²) in [6.45, 7) is 0. The smallest absolute Gasteiger partial charge is 0.221 e. The van der Waals surface area contributed by atoms with Crippen LogP contribution in [0.25, 0.3) is 21.5 Å². The van der Waals surface area contributed by atoms with E-state index in [-0.39, 0.29) is 11.7 Å². The maximum absolute atomic E-state index is 12.7. The minimum Gasteiger partial charge on any atom is -0.368 e. The predicted molar refractivity (Wildman–Crippen MR) is 107 cm³/mol. The summed E-state index contributed by atoms with van der Waals surface area (Å²) in [5.74, 6) is 0.0550. The number of fused-ring (bicyclic) bond motifs is 1. The first-order chi connectivity index (χ1) is 12.5. The van der Waals surface area contributed by atoms with Crippen molar-refractivity contribution < 1.29 is 4.79 Å². The topological polar surface area (TPSA) is 68.9 Å². The van der Waals surface area contributed by atoms with Gasteiger partial charge in [0.2, 0.25) is 11.7 Å². The summed E-state index contributed by atoms with van der Waals surface area (Å²) >= 11 is 13.6. The summed E-state index contributed by atoms with van der Waals surface area (Å²) in [7, 11) is 0. The molecule has 128 valence electrons. The molecule has 4 aromatic rings. The standard InChI is InChI=1S/C19H11Cl2N3OS/c20-11-6-7-12(14(21)8-11)16-13-9-15(26-18(13)24-19(22)23-16)17(25)10-4-2-1-3-5-10/h1-9H,(H2,22,23,24). The number of aromatic nitrogens is 2. The number of thiophene rings is 1. The molecule has 0 saturated heterocycles. The predicted octanol–water partition coefficient (Wildman–Crippen LogP) is 5.48. The first kappa shape index (κ1) is 17.0. The van der Waals surface area contributed by atoms with Crippen LogP contribution in [-0.2, 0) is 0 Å². The molecule has 7 heteroatoms. The SMILES string of the molecule is Nc1nc(-c2ccc(Cl)cc2Cl)c2cc(C(=O)c3ccccc3)sc2n1. The van der Waals surface area contributed by atoms with Crippen LogP contribution < -0.4 is 5.73 Å². The van der Waals surface area contributed by atoms with E-state index in [2.05, 4.69) is 9.97 Å². The first-order valence-electron chi connectivity index (χ1n) is 7.65. The Hall–Kier alpha value is -2.47. The van der Waals surface area contributed by atoms with Gasteiger partial charge in [0.15, 0.2) is 0 Å². The van der Waals surface area contributed by atoms with Crippen molar-refractivity contribution in [3.63, 3.8) is 0 Å². The number of carbonyl (C=O) groups is 1. The number of anilines is 1. The number of hydrogen-bond donors (Lipinski definition) is 1. The maximum atomic E-state index is 12.7. The van der Waals surface area contributed by atoms with Crippen LogP contribution in [0, 0.1) is 0 Å². The molecule has 0 unspecified atom stereocenters. The fourth-order valence-electron chi connectivity index (χ4n) is 2.67. The Morgan fingerprint density at radius 1 is 1.00 bits per heavy atom. The number of halogens is 2. The Kier molecular flexibility index (Phi) is 4.36. The fraction of sp³-hybridized carbons (Fsp3) is 0. The zero-order valence-corrected chi connectivity index (χ0v) is 15.6. The molecule has 0 spiro atoms. The van der Waals surface area contributed by atoms with Gasteiger partial charge in [-0.25, -0.2) is 9.97 Å². The molecule has 0 aliphatic heterocycles. The molecule has 2 aromatic heterocycles. The van der Waals surface area contributed by atoms with Crippen LogP contribution in [0.3, 0.4) is 0 Å². The van der Waals surface area contributed by atoms with Crippen LogP contribution in [0.15, 0.2) is 54.6 Å². The highest BCUT2D eigenvalue weighted by atomic mass is 35.5. The van der Waals surface area contributed by atoms with E-state index in [1.54, 1.807) is 36.4 Å². The molecule has 26 heavy (non-hydrogen) atoms. The van der Waals surface area contributed by atoms with Crippen molar-refractivity contribution in [2.75, 3.05) is 5.73 Å². The number of nitrogen functional groups attached to an aromatic ring is 1. The Balaban J connectivity index is 1.90. The molecule has 0 fully saturated rings. The highest BCUT2D eigenvalue weighted by molar-refractivity contribution is 7.20. The van der Waals surface area contributed by atoms with E-state index in [9.17, 15) is 4.79 Å². The number of nitrogens with two attached hydrogens (primary N) is 1. The van der Waals surface area contributed by atoms with Gasteiger partial charge in [-0.3, -0.25) is 4.79 Å². The summed E-state index contributed by atoms with van der Waals surface area (Å²) in [5.41, 5.74) is 7.75. The van der Waals surface area contributed by atoms with Gasteiger partial charge in [-0.2, -0.15) is 0 Å². The molecular formula is C19H11Cl2N3OS. The van der Waals surface area contributed by atoms with Gasteiger partial charge < -0.3 is 5.73 Å². The van der Waals surface area contributed by atoms with Gasteiger partial charge in [-0.15, -0.1) is 11.3 Å². The summed E-state index contributed by atoms with van der Waals surface area (Å²) in [4.78, 5) is 22.6. The van der Waals surface area contributed by atoms with Crippen LogP contribution in [0.4, 0.5) is 5.95 Å². The van der Waals surface area contributed by atoms with Crippen LogP contribution in [0.1, 0.15) is 15.2 Å². The molecular weight excluding hydrogens is 389 g/mol. The van der Waals surface area contributed by atoms with E-state index < -0.39 is 0 Å². The van der Waals surface area contributed by atoms with E-state index in [4.69, 9.17) is 28.9 Å². The van der Waals surface area contributed by atoms with E-state index in [1.165, 1.54) is 11.3 Å². The van der Waals surface area contributed by atoms with E-state index in [1.807, 2.05) is 18.2 Å². The van der Waals surface area contributed by atoms with Crippen molar-refractivity contribution in [3.05, 3.63) is 75.1 Å². The molecule has 0 saturated carbocycles. The number of hydrogen-bond acceptors (Lipinski definition) is 5. The quantitative estimate of drug-likeness (QED) is 0.463. The number of ketones is 1. The normalized spacial score (nSPS) is 11.0. The molecule has 0 atom stereocenters. The van der Waals surface area contributed by atoms with E-state index in [0.29, 0.717) is 36.6 Å². The molecule has 0 aliphatic rings. The summed E-state index contributed by atoms with van der Waals surface area (Å²) in [6.07, 6.45) is 0. The van der Waals surface area contributed by atoms with Gasteiger partial charge in [0.1, 0.15) is 4.83 Å². The lowest BCUT2D eigenvalue weighted by atomic mass is 10.1. The van der Waals surface area contributed by atoms with E-state index in [0.717, 1.165) is 5.39 Å². The molecule has 0 aliphatic carbocycles. The van der Waals surface area contributed by atoms with Crippen LogP contribution in [-0.4, -0.2) is 15.8 Å². The minimum atomic E-state index is -0.0691. The van der Waals surface area contributed by atoms with Crippen LogP contribution in [0.2, 0.25) is 10.0 Å². The Bertz CT molecular complexity index is 1140. The lowest BCUT2D eigenvalue weighted by Crippen LogP contribution is -1.97. The average Bonchev–Trinajstić information content (AvgIpc) is 3.05. The van der Waals surface area contributed by atoms with Crippen LogP contribution in [0.5, 0.6) is 0 Å². The summed E-state index contributed by atoms with van der Waals surface area (Å²) in [6, 6.07) is 16.0. The largest absolute Gasteiger partial charge is 0.368 e. The molecule has 4 nitrogen and oxygen atoms in total. The third kappa shape index (κ3) is 3.05. The van der Waals surface area contributed by atoms with Crippen molar-refractivity contribution in [3.8, 4) is 11.3 Å². The molecule has 2 aromatic carbocycles. The summed E-state index contributed by atoms with van der Waals surface area (Å²) < 4.78 is 0. The zero-order valence-electron chi connectivity index (χ0n) is 13.2. The van der Waals surface area contributed by atoms with Crippen molar-refractivity contribution in [1.82, 2.24) is 9.97 Å². The average molecular weight is 400 g/mol. The first-order valence-corrected chi connectivity index (χ1v) is 9.22. The Morgan fingerprint density at radius 2 is 1.77 bits per heavy atom. The van der Waals surface area contributed by atoms with Gasteiger partial charge in [0.05, 0.1) is 15.6 Å². The number of rotatable bonds is 3. The van der Waals surface area contributed by atoms with Gasteiger partial charge in [0.25, 0.3) is 0 Å². The number of benzene rings is 2. The van der Waals surface area contributed by atoms with Gasteiger partial charge in [0, 0.05) is 21.5 Å². The lowest BCUT2D eigenvalue weighted by Gasteiger charge is -2.06. The maximum Gasteiger partial charge on any atom is 0.221 e. The highest BCUT2D eigenvalue weighted by Crippen LogP contribution is 2.37. The minimum absolute atomic E-state index is 0.0691. The van der Waals surface area contributed by atoms with Crippen molar-refractivity contribution in [2.24, 2.45) is 0 Å².